The molecule has 0 radical (unpaired) electrons. The Morgan fingerprint density at radius 2 is 2.13 bits per heavy atom. The first-order valence-electron chi connectivity index (χ1n) is 5.36. The number of likely N-dealkylation sites (tertiary alicyclic amines) is 1. The molecule has 1 fully saturated rings. The molecule has 1 heterocycles. The van der Waals surface area contributed by atoms with Crippen molar-refractivity contribution >= 4 is 11.8 Å². The second-order valence-electron chi connectivity index (χ2n) is 3.83. The number of hydrogen-bond acceptors (Lipinski definition) is 3. The van der Waals surface area contributed by atoms with Crippen LogP contribution in [0.3, 0.4) is 0 Å². The first kappa shape index (κ1) is 12.0. The van der Waals surface area contributed by atoms with Gasteiger partial charge in [-0.25, -0.2) is 0 Å². The lowest BCUT2D eigenvalue weighted by Gasteiger charge is -2.33. The van der Waals surface area contributed by atoms with Crippen molar-refractivity contribution in [3.8, 4) is 0 Å². The van der Waals surface area contributed by atoms with Crippen molar-refractivity contribution in [3.05, 3.63) is 0 Å². The summed E-state index contributed by atoms with van der Waals surface area (Å²) in [5.41, 5.74) is 5.24. The minimum Gasteiger partial charge on any atom is -0.396 e. The van der Waals surface area contributed by atoms with E-state index in [2.05, 4.69) is 0 Å². The lowest BCUT2D eigenvalue weighted by molar-refractivity contribution is -0.141. The van der Waals surface area contributed by atoms with Gasteiger partial charge in [-0.1, -0.05) is 0 Å². The summed E-state index contributed by atoms with van der Waals surface area (Å²) in [6.45, 7) is 0.610. The van der Waals surface area contributed by atoms with Crippen LogP contribution in [0.2, 0.25) is 0 Å². The predicted molar refractivity (Wildman–Crippen MR) is 54.9 cm³/mol. The molecule has 0 aromatic rings. The van der Waals surface area contributed by atoms with Crippen molar-refractivity contribution in [2.45, 2.75) is 38.1 Å². The van der Waals surface area contributed by atoms with Crippen LogP contribution >= 0.6 is 0 Å². The van der Waals surface area contributed by atoms with Gasteiger partial charge in [-0.2, -0.15) is 0 Å². The summed E-state index contributed by atoms with van der Waals surface area (Å²) in [7, 11) is 0. The number of aliphatic hydroxyl groups excluding tert-OH is 1. The zero-order valence-electron chi connectivity index (χ0n) is 8.82. The molecule has 1 aliphatic heterocycles. The van der Waals surface area contributed by atoms with Crippen molar-refractivity contribution in [2.75, 3.05) is 13.2 Å². The number of carbonyl (C=O) groups excluding carboxylic acids is 2. The SMILES string of the molecule is NC(=O)C1CCCCN1C(=O)CCCO. The maximum absolute atomic E-state index is 11.7. The topological polar surface area (TPSA) is 83.6 Å². The molecule has 1 atom stereocenters. The highest BCUT2D eigenvalue weighted by atomic mass is 16.3. The van der Waals surface area contributed by atoms with Crippen LogP contribution in [0, 0.1) is 0 Å². The number of nitrogens with two attached hydrogens (primary N) is 1. The predicted octanol–water partition coefficient (Wildman–Crippen LogP) is -0.375. The second kappa shape index (κ2) is 5.70. The minimum atomic E-state index is -0.440. The molecule has 1 saturated heterocycles. The van der Waals surface area contributed by atoms with E-state index in [9.17, 15) is 9.59 Å². The number of nitrogens with zero attached hydrogens (tertiary/aromatic N) is 1. The third-order valence-corrected chi connectivity index (χ3v) is 2.70. The third-order valence-electron chi connectivity index (χ3n) is 2.70. The highest BCUT2D eigenvalue weighted by molar-refractivity contribution is 5.86. The van der Waals surface area contributed by atoms with Crippen LogP contribution in [0.25, 0.3) is 0 Å². The number of amides is 2. The third kappa shape index (κ3) is 3.20. The smallest absolute Gasteiger partial charge is 0.240 e. The van der Waals surface area contributed by atoms with E-state index in [1.807, 2.05) is 0 Å². The minimum absolute atomic E-state index is 0.000812. The highest BCUT2D eigenvalue weighted by Gasteiger charge is 2.29. The lowest BCUT2D eigenvalue weighted by atomic mass is 10.0. The van der Waals surface area contributed by atoms with Crippen LogP contribution in [0.4, 0.5) is 0 Å². The van der Waals surface area contributed by atoms with Gasteiger partial charge in [0.25, 0.3) is 0 Å². The molecular formula is C10H18N2O3. The molecule has 0 saturated carbocycles. The average molecular weight is 214 g/mol. The Morgan fingerprint density at radius 1 is 1.40 bits per heavy atom. The molecule has 0 spiro atoms. The summed E-state index contributed by atoms with van der Waals surface area (Å²) in [6, 6.07) is -0.440. The largest absolute Gasteiger partial charge is 0.396 e. The molecule has 5 heteroatoms. The van der Waals surface area contributed by atoms with Crippen LogP contribution in [0.15, 0.2) is 0 Å². The van der Waals surface area contributed by atoms with Gasteiger partial charge in [0.05, 0.1) is 0 Å². The van der Waals surface area contributed by atoms with Crippen LogP contribution in [-0.4, -0.2) is 41.0 Å². The standard InChI is InChI=1S/C10H18N2O3/c11-10(15)8-4-1-2-6-12(8)9(14)5-3-7-13/h8,13H,1-7H2,(H2,11,15). The van der Waals surface area contributed by atoms with E-state index < -0.39 is 11.9 Å². The number of hydrogen-bond donors (Lipinski definition) is 2. The Bertz CT molecular complexity index is 243. The molecule has 5 nitrogen and oxygen atoms in total. The van der Waals surface area contributed by atoms with Crippen molar-refractivity contribution in [3.63, 3.8) is 0 Å². The van der Waals surface area contributed by atoms with E-state index >= 15 is 0 Å². The maximum atomic E-state index is 11.7. The van der Waals surface area contributed by atoms with Crippen LogP contribution < -0.4 is 5.73 Å². The summed E-state index contributed by atoms with van der Waals surface area (Å²) >= 11 is 0. The van der Waals surface area contributed by atoms with Gasteiger partial charge in [-0.15, -0.1) is 0 Å². The van der Waals surface area contributed by atoms with Gasteiger partial charge in [-0.05, 0) is 25.7 Å². The number of carbonyl (C=O) groups is 2. The van der Waals surface area contributed by atoms with E-state index in [0.717, 1.165) is 12.8 Å². The Morgan fingerprint density at radius 3 is 2.73 bits per heavy atom. The van der Waals surface area contributed by atoms with E-state index in [1.54, 1.807) is 4.90 Å². The fourth-order valence-electron chi connectivity index (χ4n) is 1.90. The molecule has 1 unspecified atom stereocenters. The fourth-order valence-corrected chi connectivity index (χ4v) is 1.90. The molecule has 15 heavy (non-hydrogen) atoms. The molecule has 0 aromatic carbocycles. The average Bonchev–Trinajstić information content (AvgIpc) is 2.25. The molecule has 1 aliphatic rings. The maximum Gasteiger partial charge on any atom is 0.240 e. The van der Waals surface area contributed by atoms with Gasteiger partial charge < -0.3 is 15.7 Å². The number of aliphatic hydroxyl groups is 1. The quantitative estimate of drug-likeness (QED) is 0.669. The Labute approximate surface area is 89.2 Å². The first-order valence-corrected chi connectivity index (χ1v) is 5.36. The molecule has 0 aromatic heterocycles. The first-order chi connectivity index (χ1) is 7.16. The molecule has 2 amide bonds. The zero-order chi connectivity index (χ0) is 11.3. The summed E-state index contributed by atoms with van der Waals surface area (Å²) in [5.74, 6) is -0.500. The summed E-state index contributed by atoms with van der Waals surface area (Å²) < 4.78 is 0. The van der Waals surface area contributed by atoms with Gasteiger partial charge in [0.15, 0.2) is 0 Å². The van der Waals surface area contributed by atoms with Crippen LogP contribution in [0.1, 0.15) is 32.1 Å². The van der Waals surface area contributed by atoms with E-state index in [-0.39, 0.29) is 12.5 Å². The van der Waals surface area contributed by atoms with Crippen molar-refractivity contribution in [2.24, 2.45) is 5.73 Å². The number of piperidine rings is 1. The van der Waals surface area contributed by atoms with E-state index in [0.29, 0.717) is 25.8 Å². The van der Waals surface area contributed by atoms with Gasteiger partial charge in [0.1, 0.15) is 6.04 Å². The molecule has 0 aliphatic carbocycles. The van der Waals surface area contributed by atoms with E-state index in [1.165, 1.54) is 0 Å². The Kier molecular flexibility index (Phi) is 4.55. The number of primary amides is 1. The highest BCUT2D eigenvalue weighted by Crippen LogP contribution is 2.17. The van der Waals surface area contributed by atoms with Gasteiger partial charge >= 0.3 is 0 Å². The van der Waals surface area contributed by atoms with Gasteiger partial charge in [0.2, 0.25) is 11.8 Å². The molecule has 0 bridgehead atoms. The fraction of sp³-hybridized carbons (Fsp3) is 0.800. The van der Waals surface area contributed by atoms with Gasteiger partial charge in [0, 0.05) is 19.6 Å². The summed E-state index contributed by atoms with van der Waals surface area (Å²) in [5, 5.41) is 8.63. The van der Waals surface area contributed by atoms with Crippen molar-refractivity contribution < 1.29 is 14.7 Å². The zero-order valence-corrected chi connectivity index (χ0v) is 8.82. The normalized spacial score (nSPS) is 21.4. The Balaban J connectivity index is 2.55. The molecular weight excluding hydrogens is 196 g/mol. The van der Waals surface area contributed by atoms with Crippen molar-refractivity contribution in [1.82, 2.24) is 4.90 Å². The number of rotatable bonds is 4. The molecule has 3 N–H and O–H groups in total. The van der Waals surface area contributed by atoms with Crippen molar-refractivity contribution in [1.29, 1.82) is 0 Å². The molecule has 1 rings (SSSR count). The van der Waals surface area contributed by atoms with Gasteiger partial charge in [-0.3, -0.25) is 9.59 Å². The second-order valence-corrected chi connectivity index (χ2v) is 3.83. The monoisotopic (exact) mass is 214 g/mol. The van der Waals surface area contributed by atoms with Crippen LogP contribution in [0.5, 0.6) is 0 Å². The summed E-state index contributed by atoms with van der Waals surface area (Å²) in [6.07, 6.45) is 3.27. The van der Waals surface area contributed by atoms with Crippen LogP contribution in [-0.2, 0) is 9.59 Å². The lowest BCUT2D eigenvalue weighted by Crippen LogP contribution is -2.50. The summed E-state index contributed by atoms with van der Waals surface area (Å²) in [4.78, 5) is 24.4. The molecule has 86 valence electrons. The Hall–Kier alpha value is -1.10. The van der Waals surface area contributed by atoms with E-state index in [4.69, 9.17) is 10.8 Å².